The summed E-state index contributed by atoms with van der Waals surface area (Å²) < 4.78 is 16.7. The first-order chi connectivity index (χ1) is 11.1. The number of benzene rings is 2. The zero-order valence-electron chi connectivity index (χ0n) is 12.9. The zero-order chi connectivity index (χ0) is 16.4. The molecule has 0 saturated carbocycles. The normalized spacial score (nSPS) is 19.4. The second kappa shape index (κ2) is 6.50. The van der Waals surface area contributed by atoms with Crippen LogP contribution in [0.3, 0.4) is 0 Å². The van der Waals surface area contributed by atoms with E-state index in [9.17, 15) is 4.79 Å². The van der Waals surface area contributed by atoms with Crippen LogP contribution in [-0.2, 0) is 9.53 Å². The molecule has 0 spiro atoms. The maximum Gasteiger partial charge on any atom is 0.303 e. The van der Waals surface area contributed by atoms with Gasteiger partial charge in [-0.25, -0.2) is 0 Å². The number of carbonyl (C=O) groups is 1. The van der Waals surface area contributed by atoms with Crippen molar-refractivity contribution in [2.75, 3.05) is 7.11 Å². The summed E-state index contributed by atoms with van der Waals surface area (Å²) in [6.07, 6.45) is -0.0276. The molecular weight excluding hydrogens is 316 g/mol. The van der Waals surface area contributed by atoms with Crippen LogP contribution in [0, 0.1) is 0 Å². The third kappa shape index (κ3) is 3.42. The zero-order valence-corrected chi connectivity index (χ0v) is 13.7. The van der Waals surface area contributed by atoms with Gasteiger partial charge in [0.25, 0.3) is 0 Å². The van der Waals surface area contributed by atoms with Crippen LogP contribution in [0.25, 0.3) is 0 Å². The molecule has 23 heavy (non-hydrogen) atoms. The molecule has 3 rings (SSSR count). The van der Waals surface area contributed by atoms with E-state index < -0.39 is 0 Å². The van der Waals surface area contributed by atoms with Crippen molar-refractivity contribution in [1.82, 2.24) is 0 Å². The number of hydrogen-bond donors (Lipinski definition) is 0. The van der Waals surface area contributed by atoms with Gasteiger partial charge >= 0.3 is 5.97 Å². The van der Waals surface area contributed by atoms with Gasteiger partial charge in [0.1, 0.15) is 23.7 Å². The van der Waals surface area contributed by atoms with Gasteiger partial charge in [-0.05, 0) is 35.9 Å². The van der Waals surface area contributed by atoms with Gasteiger partial charge in [-0.2, -0.15) is 0 Å². The van der Waals surface area contributed by atoms with Crippen molar-refractivity contribution >= 4 is 17.6 Å². The van der Waals surface area contributed by atoms with Crippen LogP contribution in [-0.4, -0.2) is 13.1 Å². The van der Waals surface area contributed by atoms with Crippen molar-refractivity contribution in [1.29, 1.82) is 0 Å². The molecular formula is C18H17ClO4. The summed E-state index contributed by atoms with van der Waals surface area (Å²) in [5.41, 5.74) is 1.81. The minimum absolute atomic E-state index is 0.195. The molecule has 2 aromatic rings. The summed E-state index contributed by atoms with van der Waals surface area (Å²) in [7, 11) is 1.63. The number of halogens is 1. The highest BCUT2D eigenvalue weighted by molar-refractivity contribution is 6.30. The number of rotatable bonds is 3. The largest absolute Gasteiger partial charge is 0.497 e. The van der Waals surface area contributed by atoms with Gasteiger partial charge in [0, 0.05) is 23.9 Å². The third-order valence-corrected chi connectivity index (χ3v) is 4.05. The molecule has 120 valence electrons. The van der Waals surface area contributed by atoms with E-state index in [1.54, 1.807) is 19.2 Å². The Bertz CT molecular complexity index is 711. The van der Waals surface area contributed by atoms with Crippen LogP contribution in [0.5, 0.6) is 11.5 Å². The molecule has 0 unspecified atom stereocenters. The van der Waals surface area contributed by atoms with E-state index in [0.29, 0.717) is 17.2 Å². The highest BCUT2D eigenvalue weighted by Crippen LogP contribution is 2.43. The minimum Gasteiger partial charge on any atom is -0.497 e. The monoisotopic (exact) mass is 332 g/mol. The molecule has 0 saturated heterocycles. The SMILES string of the molecule is COc1ccc([C@@H]2C[C@H](OC(C)=O)c3cc(Cl)ccc3O2)cc1. The van der Waals surface area contributed by atoms with E-state index in [1.807, 2.05) is 30.3 Å². The fraction of sp³-hybridized carbons (Fsp3) is 0.278. The predicted octanol–water partition coefficient (Wildman–Crippen LogP) is 4.48. The van der Waals surface area contributed by atoms with Crippen LogP contribution in [0.15, 0.2) is 42.5 Å². The fourth-order valence-electron chi connectivity index (χ4n) is 2.74. The summed E-state index contributed by atoms with van der Waals surface area (Å²) in [5.74, 6) is 1.15. The van der Waals surface area contributed by atoms with Crippen molar-refractivity contribution in [3.05, 3.63) is 58.6 Å². The smallest absolute Gasteiger partial charge is 0.303 e. The lowest BCUT2D eigenvalue weighted by Gasteiger charge is -2.32. The van der Waals surface area contributed by atoms with Crippen LogP contribution in [0.1, 0.15) is 36.7 Å². The third-order valence-electron chi connectivity index (χ3n) is 3.81. The van der Waals surface area contributed by atoms with Crippen LogP contribution in [0.2, 0.25) is 5.02 Å². The molecule has 0 bridgehead atoms. The molecule has 1 aliphatic heterocycles. The molecule has 2 aromatic carbocycles. The number of ether oxygens (including phenoxy) is 3. The van der Waals surface area contributed by atoms with Crippen molar-refractivity contribution in [2.45, 2.75) is 25.6 Å². The van der Waals surface area contributed by atoms with E-state index in [0.717, 1.165) is 16.9 Å². The standard InChI is InChI=1S/C18H17ClO4/c1-11(20)22-18-10-17(12-3-6-14(21-2)7-4-12)23-16-8-5-13(19)9-15(16)18/h3-9,17-18H,10H2,1-2H3/t17-,18-/m0/s1. The Morgan fingerprint density at radius 1 is 1.22 bits per heavy atom. The number of fused-ring (bicyclic) bond motifs is 1. The molecule has 0 aromatic heterocycles. The Morgan fingerprint density at radius 2 is 1.96 bits per heavy atom. The number of esters is 1. The number of carbonyl (C=O) groups excluding carboxylic acids is 1. The Morgan fingerprint density at radius 3 is 2.61 bits per heavy atom. The van der Waals surface area contributed by atoms with Crippen molar-refractivity contribution in [2.24, 2.45) is 0 Å². The molecule has 0 amide bonds. The van der Waals surface area contributed by atoms with Crippen LogP contribution < -0.4 is 9.47 Å². The summed E-state index contributed by atoms with van der Waals surface area (Å²) in [5, 5.41) is 0.590. The number of hydrogen-bond acceptors (Lipinski definition) is 4. The average molecular weight is 333 g/mol. The molecule has 0 radical (unpaired) electrons. The van der Waals surface area contributed by atoms with Crippen LogP contribution >= 0.6 is 11.6 Å². The summed E-state index contributed by atoms with van der Waals surface area (Å²) in [4.78, 5) is 11.4. The van der Waals surface area contributed by atoms with Crippen molar-refractivity contribution < 1.29 is 19.0 Å². The first-order valence-corrected chi connectivity index (χ1v) is 7.72. The molecule has 5 heteroatoms. The molecule has 1 aliphatic rings. The molecule has 0 fully saturated rings. The van der Waals surface area contributed by atoms with Crippen LogP contribution in [0.4, 0.5) is 0 Å². The van der Waals surface area contributed by atoms with E-state index >= 15 is 0 Å². The van der Waals surface area contributed by atoms with Gasteiger partial charge in [-0.15, -0.1) is 0 Å². The fourth-order valence-corrected chi connectivity index (χ4v) is 2.92. The Kier molecular flexibility index (Phi) is 4.44. The van der Waals surface area contributed by atoms with Gasteiger partial charge < -0.3 is 14.2 Å². The quantitative estimate of drug-likeness (QED) is 0.777. The van der Waals surface area contributed by atoms with Gasteiger partial charge in [-0.3, -0.25) is 4.79 Å². The van der Waals surface area contributed by atoms with Gasteiger partial charge in [0.2, 0.25) is 0 Å². The second-order valence-electron chi connectivity index (χ2n) is 5.40. The summed E-state index contributed by atoms with van der Waals surface area (Å²) in [6, 6.07) is 13.0. The second-order valence-corrected chi connectivity index (χ2v) is 5.83. The molecule has 0 N–H and O–H groups in total. The summed E-state index contributed by atoms with van der Waals surface area (Å²) in [6.45, 7) is 1.40. The van der Waals surface area contributed by atoms with Crippen molar-refractivity contribution in [3.63, 3.8) is 0 Å². The molecule has 2 atom stereocenters. The average Bonchev–Trinajstić information content (AvgIpc) is 2.54. The Balaban J connectivity index is 1.92. The maximum absolute atomic E-state index is 11.4. The lowest BCUT2D eigenvalue weighted by Crippen LogP contribution is -2.22. The first-order valence-electron chi connectivity index (χ1n) is 7.34. The Labute approximate surface area is 139 Å². The summed E-state index contributed by atoms with van der Waals surface area (Å²) >= 11 is 6.06. The van der Waals surface area contributed by atoms with E-state index in [4.69, 9.17) is 25.8 Å². The van der Waals surface area contributed by atoms with Gasteiger partial charge in [0.05, 0.1) is 7.11 Å². The van der Waals surface area contributed by atoms with E-state index in [-0.39, 0.29) is 18.2 Å². The lowest BCUT2D eigenvalue weighted by atomic mass is 9.95. The van der Waals surface area contributed by atoms with Gasteiger partial charge in [0.15, 0.2) is 0 Å². The predicted molar refractivity (Wildman–Crippen MR) is 86.9 cm³/mol. The van der Waals surface area contributed by atoms with E-state index in [1.165, 1.54) is 6.92 Å². The minimum atomic E-state index is -0.373. The van der Waals surface area contributed by atoms with E-state index in [2.05, 4.69) is 0 Å². The van der Waals surface area contributed by atoms with Gasteiger partial charge in [-0.1, -0.05) is 23.7 Å². The molecule has 4 nitrogen and oxygen atoms in total. The first kappa shape index (κ1) is 15.7. The lowest BCUT2D eigenvalue weighted by molar-refractivity contribution is -0.149. The highest BCUT2D eigenvalue weighted by atomic mass is 35.5. The molecule has 1 heterocycles. The molecule has 0 aliphatic carbocycles. The highest BCUT2D eigenvalue weighted by Gasteiger charge is 2.31. The topological polar surface area (TPSA) is 44.8 Å². The number of methoxy groups -OCH3 is 1. The van der Waals surface area contributed by atoms with Crippen molar-refractivity contribution in [3.8, 4) is 11.5 Å². The maximum atomic E-state index is 11.4. The Hall–Kier alpha value is -2.20.